The van der Waals surface area contributed by atoms with Gasteiger partial charge in [-0.25, -0.2) is 0 Å². The lowest BCUT2D eigenvalue weighted by Crippen LogP contribution is -2.26. The molecular weight excluding hydrogens is 316 g/mol. The Kier molecular flexibility index (Phi) is 6.38. The molecule has 5 nitrogen and oxygen atoms in total. The van der Waals surface area contributed by atoms with Gasteiger partial charge in [0.05, 0.1) is 0 Å². The lowest BCUT2D eigenvalue weighted by molar-refractivity contribution is -0.117. The van der Waals surface area contributed by atoms with E-state index in [1.807, 2.05) is 36.4 Å². The fourth-order valence-electron chi connectivity index (χ4n) is 2.19. The average molecular weight is 334 g/mol. The summed E-state index contributed by atoms with van der Waals surface area (Å²) in [5, 5.41) is 30.6. The van der Waals surface area contributed by atoms with Gasteiger partial charge in [0, 0.05) is 12.6 Å². The topological polar surface area (TPSA) is 93.3 Å². The normalized spacial score (nSPS) is 11.2. The summed E-state index contributed by atoms with van der Waals surface area (Å²) in [6, 6.07) is 15.7. The molecule has 2 aromatic rings. The van der Waals surface area contributed by atoms with E-state index in [1.165, 1.54) is 30.4 Å². The van der Waals surface area contributed by atoms with Gasteiger partial charge in [-0.15, -0.1) is 0 Å². The molecule has 0 aliphatic heterocycles. The van der Waals surface area contributed by atoms with Crippen molar-refractivity contribution in [1.29, 1.82) is 5.26 Å². The van der Waals surface area contributed by atoms with Gasteiger partial charge in [0.15, 0.2) is 0 Å². The van der Waals surface area contributed by atoms with Crippen molar-refractivity contribution in [1.82, 2.24) is 5.32 Å². The number of phenolic OH excluding ortho intramolecular Hbond substituents is 2. The number of rotatable bonds is 6. The first kappa shape index (κ1) is 17.8. The van der Waals surface area contributed by atoms with Gasteiger partial charge in [0.1, 0.15) is 23.1 Å². The fourth-order valence-corrected chi connectivity index (χ4v) is 2.19. The van der Waals surface area contributed by atoms with Gasteiger partial charge in [-0.3, -0.25) is 4.79 Å². The minimum atomic E-state index is -0.443. The zero-order valence-corrected chi connectivity index (χ0v) is 13.5. The number of amides is 1. The minimum absolute atomic E-state index is 0.0197. The van der Waals surface area contributed by atoms with Crippen LogP contribution in [0.5, 0.6) is 11.5 Å². The highest BCUT2D eigenvalue weighted by Gasteiger charge is 2.06. The average Bonchev–Trinajstić information content (AvgIpc) is 2.59. The number of aromatic hydroxyl groups is 2. The van der Waals surface area contributed by atoms with Crippen LogP contribution in [0.4, 0.5) is 0 Å². The number of hydrogen-bond donors (Lipinski definition) is 3. The Balaban J connectivity index is 1.93. The predicted octanol–water partition coefficient (Wildman–Crippen LogP) is 2.92. The second-order valence-corrected chi connectivity index (χ2v) is 5.33. The van der Waals surface area contributed by atoms with Crippen LogP contribution < -0.4 is 5.32 Å². The Morgan fingerprint density at radius 1 is 1.12 bits per heavy atom. The fraction of sp³-hybridized carbons (Fsp3) is 0.100. The first-order chi connectivity index (χ1) is 12.1. The SMILES string of the molecule is N#CC(=CC=Cc1cc(O)cc(O)c1)C(=O)NCCc1ccccc1. The molecule has 0 aliphatic carbocycles. The molecule has 0 atom stereocenters. The molecule has 0 unspecified atom stereocenters. The number of benzene rings is 2. The van der Waals surface area contributed by atoms with Gasteiger partial charge in [-0.2, -0.15) is 5.26 Å². The van der Waals surface area contributed by atoms with Crippen molar-refractivity contribution in [3.63, 3.8) is 0 Å². The number of nitrogens with zero attached hydrogens (tertiary/aromatic N) is 1. The van der Waals surface area contributed by atoms with Crippen LogP contribution in [-0.2, 0) is 11.2 Å². The summed E-state index contributed by atoms with van der Waals surface area (Å²) >= 11 is 0. The summed E-state index contributed by atoms with van der Waals surface area (Å²) in [7, 11) is 0. The molecule has 2 rings (SSSR count). The van der Waals surface area contributed by atoms with E-state index in [2.05, 4.69) is 5.32 Å². The van der Waals surface area contributed by atoms with E-state index in [0.717, 1.165) is 5.56 Å². The molecule has 0 spiro atoms. The smallest absolute Gasteiger partial charge is 0.261 e. The van der Waals surface area contributed by atoms with E-state index in [0.29, 0.717) is 18.5 Å². The predicted molar refractivity (Wildman–Crippen MR) is 95.7 cm³/mol. The maximum absolute atomic E-state index is 12.0. The third kappa shape index (κ3) is 5.88. The van der Waals surface area contributed by atoms with E-state index >= 15 is 0 Å². The lowest BCUT2D eigenvalue weighted by atomic mass is 10.1. The van der Waals surface area contributed by atoms with Crippen molar-refractivity contribution in [3.8, 4) is 17.6 Å². The Labute approximate surface area is 146 Å². The summed E-state index contributed by atoms with van der Waals surface area (Å²) < 4.78 is 0. The summed E-state index contributed by atoms with van der Waals surface area (Å²) in [6.07, 6.45) is 5.17. The van der Waals surface area contributed by atoms with Crippen molar-refractivity contribution < 1.29 is 15.0 Å². The van der Waals surface area contributed by atoms with Gasteiger partial charge < -0.3 is 15.5 Å². The molecule has 0 bridgehead atoms. The van der Waals surface area contributed by atoms with Crippen molar-refractivity contribution in [3.05, 3.63) is 77.4 Å². The molecule has 2 aromatic carbocycles. The second kappa shape index (κ2) is 8.94. The summed E-state index contributed by atoms with van der Waals surface area (Å²) in [5.41, 5.74) is 1.64. The number of nitrogens with one attached hydrogen (secondary N) is 1. The lowest BCUT2D eigenvalue weighted by Gasteiger charge is -2.04. The number of nitriles is 1. The number of hydrogen-bond acceptors (Lipinski definition) is 4. The number of carbonyl (C=O) groups is 1. The number of allylic oxidation sites excluding steroid dienone is 2. The molecule has 0 aliphatic rings. The van der Waals surface area contributed by atoms with Crippen LogP contribution >= 0.6 is 0 Å². The third-order valence-corrected chi connectivity index (χ3v) is 3.38. The summed E-state index contributed by atoms with van der Waals surface area (Å²) in [5.74, 6) is -0.576. The van der Waals surface area contributed by atoms with Gasteiger partial charge in [0.2, 0.25) is 0 Å². The monoisotopic (exact) mass is 334 g/mol. The van der Waals surface area contributed by atoms with E-state index in [1.54, 1.807) is 6.08 Å². The highest BCUT2D eigenvalue weighted by atomic mass is 16.3. The van der Waals surface area contributed by atoms with E-state index in [4.69, 9.17) is 5.26 Å². The quantitative estimate of drug-likeness (QED) is 0.430. The maximum atomic E-state index is 12.0. The third-order valence-electron chi connectivity index (χ3n) is 3.38. The first-order valence-electron chi connectivity index (χ1n) is 7.72. The van der Waals surface area contributed by atoms with Crippen molar-refractivity contribution in [2.45, 2.75) is 6.42 Å². The second-order valence-electron chi connectivity index (χ2n) is 5.33. The van der Waals surface area contributed by atoms with Gasteiger partial charge >= 0.3 is 0 Å². The molecule has 3 N–H and O–H groups in total. The first-order valence-corrected chi connectivity index (χ1v) is 7.72. The van der Waals surface area contributed by atoms with Crippen LogP contribution in [0.2, 0.25) is 0 Å². The minimum Gasteiger partial charge on any atom is -0.508 e. The molecule has 0 saturated heterocycles. The standard InChI is InChI=1S/C20H18N2O3/c21-14-17(8-4-7-16-11-18(23)13-19(24)12-16)20(25)22-10-9-15-5-2-1-3-6-15/h1-8,11-13,23-24H,9-10H2,(H,22,25). The van der Waals surface area contributed by atoms with Crippen LogP contribution in [0, 0.1) is 11.3 Å². The van der Waals surface area contributed by atoms with Crippen LogP contribution in [-0.4, -0.2) is 22.7 Å². The van der Waals surface area contributed by atoms with Crippen molar-refractivity contribution in [2.75, 3.05) is 6.54 Å². The van der Waals surface area contributed by atoms with E-state index < -0.39 is 5.91 Å². The van der Waals surface area contributed by atoms with Crippen LogP contribution in [0.25, 0.3) is 6.08 Å². The Morgan fingerprint density at radius 3 is 2.44 bits per heavy atom. The number of phenols is 2. The zero-order chi connectivity index (χ0) is 18.1. The van der Waals surface area contributed by atoms with E-state index in [-0.39, 0.29) is 17.1 Å². The van der Waals surface area contributed by atoms with Gasteiger partial charge in [-0.05, 0) is 35.8 Å². The molecular formula is C20H18N2O3. The highest BCUT2D eigenvalue weighted by Crippen LogP contribution is 2.21. The Morgan fingerprint density at radius 2 is 1.80 bits per heavy atom. The highest BCUT2D eigenvalue weighted by molar-refractivity contribution is 5.97. The molecule has 0 heterocycles. The van der Waals surface area contributed by atoms with Crippen LogP contribution in [0.1, 0.15) is 11.1 Å². The summed E-state index contributed by atoms with van der Waals surface area (Å²) in [4.78, 5) is 12.0. The summed E-state index contributed by atoms with van der Waals surface area (Å²) in [6.45, 7) is 0.437. The molecule has 5 heteroatoms. The maximum Gasteiger partial charge on any atom is 0.261 e. The van der Waals surface area contributed by atoms with Crippen molar-refractivity contribution in [2.24, 2.45) is 0 Å². The molecule has 1 amide bonds. The zero-order valence-electron chi connectivity index (χ0n) is 13.5. The van der Waals surface area contributed by atoms with Crippen molar-refractivity contribution >= 4 is 12.0 Å². The Bertz CT molecular complexity index is 814. The molecule has 0 aromatic heterocycles. The Hall–Kier alpha value is -3.52. The van der Waals surface area contributed by atoms with Gasteiger partial charge in [-0.1, -0.05) is 42.5 Å². The molecule has 25 heavy (non-hydrogen) atoms. The number of carbonyl (C=O) groups excluding carboxylic acids is 1. The van der Waals surface area contributed by atoms with Crippen LogP contribution in [0.15, 0.2) is 66.3 Å². The van der Waals surface area contributed by atoms with E-state index in [9.17, 15) is 15.0 Å². The molecule has 0 radical (unpaired) electrons. The molecule has 0 saturated carbocycles. The largest absolute Gasteiger partial charge is 0.508 e. The van der Waals surface area contributed by atoms with Crippen LogP contribution in [0.3, 0.4) is 0 Å². The van der Waals surface area contributed by atoms with Gasteiger partial charge in [0.25, 0.3) is 5.91 Å². The molecule has 126 valence electrons. The molecule has 0 fully saturated rings.